The van der Waals surface area contributed by atoms with Crippen molar-refractivity contribution in [2.45, 2.75) is 12.3 Å². The first-order chi connectivity index (χ1) is 9.56. The topological polar surface area (TPSA) is 107 Å². The van der Waals surface area contributed by atoms with Crippen LogP contribution in [0.25, 0.3) is 0 Å². The number of carbonyl (C=O) groups is 2. The predicted molar refractivity (Wildman–Crippen MR) is 73.1 cm³/mol. The number of methoxy groups -OCH3 is 1. The van der Waals surface area contributed by atoms with Crippen molar-refractivity contribution in [2.75, 3.05) is 18.2 Å². The summed E-state index contributed by atoms with van der Waals surface area (Å²) in [5.74, 6) is -0.841. The van der Waals surface area contributed by atoms with Crippen LogP contribution in [0.15, 0.2) is 12.2 Å². The van der Waals surface area contributed by atoms with E-state index in [4.69, 9.17) is 22.1 Å². The number of nitrogens with zero attached hydrogens (tertiary/aromatic N) is 2. The third-order valence-electron chi connectivity index (χ3n) is 3.05. The molecule has 1 aromatic heterocycles. The fourth-order valence-electron chi connectivity index (χ4n) is 2.16. The number of carbonyl (C=O) groups excluding carboxylic acids is 2. The van der Waals surface area contributed by atoms with E-state index < -0.39 is 0 Å². The molecule has 2 unspecified atom stereocenters. The molecule has 20 heavy (non-hydrogen) atoms. The summed E-state index contributed by atoms with van der Waals surface area (Å²) in [5.41, 5.74) is 6.36. The van der Waals surface area contributed by atoms with Gasteiger partial charge in [-0.15, -0.1) is 0 Å². The molecule has 1 aromatic rings. The lowest BCUT2D eigenvalue weighted by molar-refractivity contribution is -0.143. The first-order valence-corrected chi connectivity index (χ1v) is 6.23. The Balaban J connectivity index is 2.32. The molecule has 0 saturated heterocycles. The van der Waals surface area contributed by atoms with Gasteiger partial charge in [0.2, 0.25) is 12.4 Å². The lowest BCUT2D eigenvalue weighted by atomic mass is 9.99. The van der Waals surface area contributed by atoms with Crippen LogP contribution in [0.1, 0.15) is 18.0 Å². The first kappa shape index (κ1) is 14.3. The van der Waals surface area contributed by atoms with Crippen molar-refractivity contribution in [3.63, 3.8) is 0 Å². The van der Waals surface area contributed by atoms with Gasteiger partial charge in [0.25, 0.3) is 0 Å². The van der Waals surface area contributed by atoms with E-state index in [0.29, 0.717) is 24.2 Å². The van der Waals surface area contributed by atoms with E-state index >= 15 is 0 Å². The molecule has 0 spiro atoms. The number of allylic oxidation sites excluding steroid dienone is 1. The van der Waals surface area contributed by atoms with Crippen molar-refractivity contribution >= 4 is 35.6 Å². The lowest BCUT2D eigenvalue weighted by Gasteiger charge is -2.15. The first-order valence-electron chi connectivity index (χ1n) is 5.86. The Hall–Kier alpha value is -2.15. The highest BCUT2D eigenvalue weighted by Gasteiger charge is 2.30. The highest BCUT2D eigenvalue weighted by Crippen LogP contribution is 2.37. The quantitative estimate of drug-likeness (QED) is 0.373. The third kappa shape index (κ3) is 2.72. The molecular formula is C12H13ClN4O3. The largest absolute Gasteiger partial charge is 0.469 e. The zero-order valence-corrected chi connectivity index (χ0v) is 11.4. The van der Waals surface area contributed by atoms with Gasteiger partial charge in [-0.1, -0.05) is 23.8 Å². The van der Waals surface area contributed by atoms with Gasteiger partial charge in [-0.25, -0.2) is 4.98 Å². The zero-order valence-electron chi connectivity index (χ0n) is 10.7. The molecule has 2 atom stereocenters. The van der Waals surface area contributed by atoms with E-state index in [9.17, 15) is 9.59 Å². The second-order valence-electron chi connectivity index (χ2n) is 4.25. The standard InChI is InChI=1S/C12H13ClN4O3/c1-20-11(19)7-3-2-6(4-7)8-9(15-5-18)10(13)17-12(14)16-8/h2-3,5-7H,4H2,1H3,(H,15,18)(H2,14,16,17). The van der Waals surface area contributed by atoms with Crippen LogP contribution in [0, 0.1) is 5.92 Å². The van der Waals surface area contributed by atoms with Crippen LogP contribution in [0.2, 0.25) is 5.15 Å². The van der Waals surface area contributed by atoms with E-state index in [1.54, 1.807) is 6.08 Å². The Morgan fingerprint density at radius 1 is 1.55 bits per heavy atom. The number of ether oxygens (including phenoxy) is 1. The number of rotatable bonds is 4. The third-order valence-corrected chi connectivity index (χ3v) is 3.33. The maximum Gasteiger partial charge on any atom is 0.312 e. The molecule has 0 aromatic carbocycles. The highest BCUT2D eigenvalue weighted by molar-refractivity contribution is 6.32. The number of nitrogens with one attached hydrogen (secondary N) is 1. The van der Waals surface area contributed by atoms with Crippen LogP contribution < -0.4 is 11.1 Å². The minimum absolute atomic E-state index is 0.0105. The minimum Gasteiger partial charge on any atom is -0.469 e. The summed E-state index contributed by atoms with van der Waals surface area (Å²) in [6, 6.07) is 0. The van der Waals surface area contributed by atoms with Crippen LogP contribution in [-0.4, -0.2) is 29.5 Å². The Labute approximate surface area is 120 Å². The number of esters is 1. The van der Waals surface area contributed by atoms with Crippen molar-refractivity contribution in [3.05, 3.63) is 23.0 Å². The van der Waals surface area contributed by atoms with Gasteiger partial charge in [0.1, 0.15) is 5.69 Å². The molecule has 0 bridgehead atoms. The Kier molecular flexibility index (Phi) is 4.19. The smallest absolute Gasteiger partial charge is 0.312 e. The van der Waals surface area contributed by atoms with Gasteiger partial charge in [0.05, 0.1) is 18.7 Å². The predicted octanol–water partition coefficient (Wildman–Crippen LogP) is 1.11. The van der Waals surface area contributed by atoms with Crippen molar-refractivity contribution < 1.29 is 14.3 Å². The molecule has 3 N–H and O–H groups in total. The molecule has 1 heterocycles. The average molecular weight is 297 g/mol. The number of anilines is 2. The molecule has 0 aliphatic heterocycles. The normalized spacial score (nSPS) is 20.7. The number of aromatic nitrogens is 2. The molecular weight excluding hydrogens is 284 g/mol. The molecule has 0 saturated carbocycles. The summed E-state index contributed by atoms with van der Waals surface area (Å²) in [6.45, 7) is 0. The van der Waals surface area contributed by atoms with Crippen molar-refractivity contribution in [1.29, 1.82) is 0 Å². The highest BCUT2D eigenvalue weighted by atomic mass is 35.5. The molecule has 1 aliphatic rings. The van der Waals surface area contributed by atoms with Crippen LogP contribution in [0.3, 0.4) is 0 Å². The van der Waals surface area contributed by atoms with Crippen LogP contribution in [0.4, 0.5) is 11.6 Å². The van der Waals surface area contributed by atoms with Crippen molar-refractivity contribution in [1.82, 2.24) is 9.97 Å². The summed E-state index contributed by atoms with van der Waals surface area (Å²) >= 11 is 5.95. The van der Waals surface area contributed by atoms with Crippen LogP contribution in [-0.2, 0) is 14.3 Å². The Morgan fingerprint density at radius 3 is 2.95 bits per heavy atom. The summed E-state index contributed by atoms with van der Waals surface area (Å²) in [7, 11) is 1.34. The minimum atomic E-state index is -0.343. The van der Waals surface area contributed by atoms with E-state index in [0.717, 1.165) is 0 Å². The summed E-state index contributed by atoms with van der Waals surface area (Å²) in [5, 5.41) is 2.53. The number of amides is 1. The molecule has 8 heteroatoms. The number of nitrogen functional groups attached to an aromatic ring is 1. The maximum atomic E-state index is 11.5. The van der Waals surface area contributed by atoms with Gasteiger partial charge in [-0.3, -0.25) is 9.59 Å². The Morgan fingerprint density at radius 2 is 2.30 bits per heavy atom. The van der Waals surface area contributed by atoms with Gasteiger partial charge in [-0.05, 0) is 6.42 Å². The summed E-state index contributed by atoms with van der Waals surface area (Å²) in [4.78, 5) is 30.1. The molecule has 0 fully saturated rings. The van der Waals surface area contributed by atoms with Crippen LogP contribution in [0.5, 0.6) is 0 Å². The second-order valence-corrected chi connectivity index (χ2v) is 4.61. The van der Waals surface area contributed by atoms with Gasteiger partial charge in [0.15, 0.2) is 5.15 Å². The van der Waals surface area contributed by atoms with Crippen molar-refractivity contribution in [2.24, 2.45) is 5.92 Å². The van der Waals surface area contributed by atoms with E-state index in [2.05, 4.69) is 15.3 Å². The monoisotopic (exact) mass is 296 g/mol. The average Bonchev–Trinajstić information content (AvgIpc) is 2.90. The number of hydrogen-bond donors (Lipinski definition) is 2. The Bertz CT molecular complexity index is 576. The number of halogens is 1. The van der Waals surface area contributed by atoms with Gasteiger partial charge in [-0.2, -0.15) is 4.98 Å². The summed E-state index contributed by atoms with van der Waals surface area (Å²) < 4.78 is 4.70. The fourth-order valence-corrected chi connectivity index (χ4v) is 2.39. The molecule has 1 aliphatic carbocycles. The van der Waals surface area contributed by atoms with E-state index in [1.807, 2.05) is 6.08 Å². The second kappa shape index (κ2) is 5.87. The van der Waals surface area contributed by atoms with Gasteiger partial charge in [0, 0.05) is 5.92 Å². The lowest BCUT2D eigenvalue weighted by Crippen LogP contribution is -2.14. The van der Waals surface area contributed by atoms with Crippen LogP contribution >= 0.6 is 11.6 Å². The van der Waals surface area contributed by atoms with Gasteiger partial charge >= 0.3 is 5.97 Å². The van der Waals surface area contributed by atoms with E-state index in [-0.39, 0.29) is 28.9 Å². The van der Waals surface area contributed by atoms with E-state index in [1.165, 1.54) is 7.11 Å². The number of hydrogen-bond acceptors (Lipinski definition) is 6. The molecule has 2 rings (SSSR count). The summed E-state index contributed by atoms with van der Waals surface area (Å²) in [6.07, 6.45) is 4.52. The molecule has 1 amide bonds. The van der Waals surface area contributed by atoms with Gasteiger partial charge < -0.3 is 15.8 Å². The SMILES string of the molecule is COC(=O)C1C=CC(c2nc(N)nc(Cl)c2NC=O)C1. The zero-order chi connectivity index (χ0) is 14.7. The fraction of sp³-hybridized carbons (Fsp3) is 0.333. The molecule has 106 valence electrons. The molecule has 7 nitrogen and oxygen atoms in total. The molecule has 0 radical (unpaired) electrons. The number of nitrogens with two attached hydrogens (primary N) is 1. The van der Waals surface area contributed by atoms with Crippen molar-refractivity contribution in [3.8, 4) is 0 Å². The maximum absolute atomic E-state index is 11.5.